The Morgan fingerprint density at radius 2 is 1.93 bits per heavy atom. The first-order valence-corrected chi connectivity index (χ1v) is 5.95. The third-order valence-electron chi connectivity index (χ3n) is 1.94. The maximum absolute atomic E-state index is 6.07. The summed E-state index contributed by atoms with van der Waals surface area (Å²) in [7, 11) is 0. The van der Waals surface area contributed by atoms with Gasteiger partial charge in [-0.2, -0.15) is 0 Å². The Bertz CT molecular complexity index is 462. The molecule has 0 bridgehead atoms. The number of halogens is 2. The van der Waals surface area contributed by atoms with Gasteiger partial charge in [0.15, 0.2) is 0 Å². The Hall–Kier alpha value is -0.610. The second kappa shape index (κ2) is 4.49. The molecule has 1 aromatic heterocycles. The summed E-state index contributed by atoms with van der Waals surface area (Å²) in [5, 5.41) is 3.95. The van der Waals surface area contributed by atoms with Crippen LogP contribution in [0.2, 0.25) is 10.0 Å². The van der Waals surface area contributed by atoms with Crippen molar-refractivity contribution in [3.05, 3.63) is 39.3 Å². The molecule has 0 aliphatic carbocycles. The molecule has 0 radical (unpaired) electrons. The van der Waals surface area contributed by atoms with Crippen LogP contribution >= 0.6 is 34.5 Å². The zero-order chi connectivity index (χ0) is 10.8. The second-order valence-corrected chi connectivity index (χ2v) is 4.62. The van der Waals surface area contributed by atoms with E-state index in [-0.39, 0.29) is 0 Å². The van der Waals surface area contributed by atoms with Crippen LogP contribution in [0.25, 0.3) is 10.6 Å². The van der Waals surface area contributed by atoms with Crippen molar-refractivity contribution in [1.82, 2.24) is 4.98 Å². The molecule has 2 rings (SSSR count). The Balaban J connectivity index is 2.53. The van der Waals surface area contributed by atoms with Crippen molar-refractivity contribution >= 4 is 34.5 Å². The van der Waals surface area contributed by atoms with Crippen molar-refractivity contribution in [2.45, 2.75) is 6.54 Å². The molecule has 5 heteroatoms. The average Bonchev–Trinajstić information content (AvgIpc) is 2.66. The topological polar surface area (TPSA) is 38.9 Å². The van der Waals surface area contributed by atoms with Crippen molar-refractivity contribution in [3.63, 3.8) is 0 Å². The molecule has 0 amide bonds. The first kappa shape index (κ1) is 10.9. The van der Waals surface area contributed by atoms with Gasteiger partial charge in [-0.05, 0) is 12.1 Å². The molecule has 15 heavy (non-hydrogen) atoms. The van der Waals surface area contributed by atoms with Crippen molar-refractivity contribution in [1.29, 1.82) is 0 Å². The van der Waals surface area contributed by atoms with E-state index in [2.05, 4.69) is 4.98 Å². The molecule has 0 spiro atoms. The summed E-state index contributed by atoms with van der Waals surface area (Å²) in [5.41, 5.74) is 7.13. The highest BCUT2D eigenvalue weighted by Crippen LogP contribution is 2.36. The fourth-order valence-electron chi connectivity index (χ4n) is 1.22. The molecule has 2 nitrogen and oxygen atoms in total. The Labute approximate surface area is 102 Å². The summed E-state index contributed by atoms with van der Waals surface area (Å²) in [6, 6.07) is 5.41. The molecular weight excluding hydrogens is 251 g/mol. The van der Waals surface area contributed by atoms with E-state index >= 15 is 0 Å². The van der Waals surface area contributed by atoms with Gasteiger partial charge in [0.1, 0.15) is 5.01 Å². The normalized spacial score (nSPS) is 10.6. The lowest BCUT2D eigenvalue weighted by atomic mass is 10.2. The van der Waals surface area contributed by atoms with Gasteiger partial charge in [-0.1, -0.05) is 29.3 Å². The maximum atomic E-state index is 6.07. The summed E-state index contributed by atoms with van der Waals surface area (Å²) in [5.74, 6) is 0. The van der Waals surface area contributed by atoms with Crippen LogP contribution < -0.4 is 5.73 Å². The monoisotopic (exact) mass is 258 g/mol. The molecule has 1 aromatic carbocycles. The van der Waals surface area contributed by atoms with Gasteiger partial charge in [0, 0.05) is 17.5 Å². The van der Waals surface area contributed by atoms with Gasteiger partial charge in [-0.15, -0.1) is 11.3 Å². The standard InChI is InChI=1S/C10H8Cl2N2S/c11-7-2-1-3-8(12)9(7)10-14-6(4-13)5-15-10/h1-3,5H,4,13H2. The van der Waals surface area contributed by atoms with Gasteiger partial charge in [-0.3, -0.25) is 0 Å². The molecule has 0 aliphatic rings. The highest BCUT2D eigenvalue weighted by atomic mass is 35.5. The van der Waals surface area contributed by atoms with E-state index < -0.39 is 0 Å². The van der Waals surface area contributed by atoms with E-state index in [1.807, 2.05) is 11.4 Å². The predicted octanol–water partition coefficient (Wildman–Crippen LogP) is 3.58. The molecule has 2 N–H and O–H groups in total. The molecule has 0 aliphatic heterocycles. The first-order valence-electron chi connectivity index (χ1n) is 4.31. The van der Waals surface area contributed by atoms with Crippen LogP contribution in [0.1, 0.15) is 5.69 Å². The minimum Gasteiger partial charge on any atom is -0.325 e. The number of thiazole rings is 1. The molecular formula is C10H8Cl2N2S. The lowest BCUT2D eigenvalue weighted by Gasteiger charge is -2.02. The number of rotatable bonds is 2. The van der Waals surface area contributed by atoms with Crippen LogP contribution in [0, 0.1) is 0 Å². The molecule has 0 saturated heterocycles. The van der Waals surface area contributed by atoms with E-state index in [0.717, 1.165) is 16.3 Å². The van der Waals surface area contributed by atoms with Gasteiger partial charge in [0.2, 0.25) is 0 Å². The van der Waals surface area contributed by atoms with Crippen LogP contribution in [-0.2, 0) is 6.54 Å². The quantitative estimate of drug-likeness (QED) is 0.895. The minimum atomic E-state index is 0.429. The van der Waals surface area contributed by atoms with Crippen molar-refractivity contribution in [2.75, 3.05) is 0 Å². The lowest BCUT2D eigenvalue weighted by molar-refractivity contribution is 1.01. The molecule has 0 saturated carbocycles. The number of aromatic nitrogens is 1. The smallest absolute Gasteiger partial charge is 0.126 e. The number of benzene rings is 1. The Morgan fingerprint density at radius 1 is 1.27 bits per heavy atom. The highest BCUT2D eigenvalue weighted by molar-refractivity contribution is 7.13. The number of hydrogen-bond acceptors (Lipinski definition) is 3. The molecule has 0 unspecified atom stereocenters. The fourth-order valence-corrected chi connectivity index (χ4v) is 2.81. The highest BCUT2D eigenvalue weighted by Gasteiger charge is 2.11. The fraction of sp³-hybridized carbons (Fsp3) is 0.100. The molecule has 2 aromatic rings. The van der Waals surface area contributed by atoms with E-state index in [9.17, 15) is 0 Å². The third kappa shape index (κ3) is 2.16. The van der Waals surface area contributed by atoms with Gasteiger partial charge >= 0.3 is 0 Å². The third-order valence-corrected chi connectivity index (χ3v) is 3.48. The largest absolute Gasteiger partial charge is 0.325 e. The zero-order valence-corrected chi connectivity index (χ0v) is 10.0. The van der Waals surface area contributed by atoms with E-state index in [4.69, 9.17) is 28.9 Å². The molecule has 0 fully saturated rings. The van der Waals surface area contributed by atoms with Crippen LogP contribution in [0.3, 0.4) is 0 Å². The molecule has 78 valence electrons. The second-order valence-electron chi connectivity index (χ2n) is 2.94. The SMILES string of the molecule is NCc1csc(-c2c(Cl)cccc2Cl)n1. The van der Waals surface area contributed by atoms with Gasteiger partial charge in [0.25, 0.3) is 0 Å². The Morgan fingerprint density at radius 3 is 2.47 bits per heavy atom. The minimum absolute atomic E-state index is 0.429. The maximum Gasteiger partial charge on any atom is 0.126 e. The summed E-state index contributed by atoms with van der Waals surface area (Å²) in [6.45, 7) is 0.429. The average molecular weight is 259 g/mol. The van der Waals surface area contributed by atoms with Crippen LogP contribution in [0.5, 0.6) is 0 Å². The van der Waals surface area contributed by atoms with Crippen LogP contribution in [-0.4, -0.2) is 4.98 Å². The van der Waals surface area contributed by atoms with Gasteiger partial charge < -0.3 is 5.73 Å². The van der Waals surface area contributed by atoms with Crippen molar-refractivity contribution < 1.29 is 0 Å². The van der Waals surface area contributed by atoms with Crippen molar-refractivity contribution in [2.24, 2.45) is 5.73 Å². The lowest BCUT2D eigenvalue weighted by Crippen LogP contribution is -1.95. The van der Waals surface area contributed by atoms with E-state index in [1.165, 1.54) is 11.3 Å². The van der Waals surface area contributed by atoms with Crippen LogP contribution in [0.4, 0.5) is 0 Å². The van der Waals surface area contributed by atoms with Gasteiger partial charge in [-0.25, -0.2) is 4.98 Å². The van der Waals surface area contributed by atoms with Gasteiger partial charge in [0.05, 0.1) is 15.7 Å². The predicted molar refractivity (Wildman–Crippen MR) is 65.5 cm³/mol. The molecule has 0 atom stereocenters. The molecule has 1 heterocycles. The number of nitrogens with two attached hydrogens (primary N) is 1. The zero-order valence-electron chi connectivity index (χ0n) is 7.71. The summed E-state index contributed by atoms with van der Waals surface area (Å²) < 4.78 is 0. The Kier molecular flexibility index (Phi) is 3.26. The van der Waals surface area contributed by atoms with Crippen LogP contribution in [0.15, 0.2) is 23.6 Å². The first-order chi connectivity index (χ1) is 7.22. The van der Waals surface area contributed by atoms with Crippen molar-refractivity contribution in [3.8, 4) is 10.6 Å². The van der Waals surface area contributed by atoms with E-state index in [1.54, 1.807) is 12.1 Å². The van der Waals surface area contributed by atoms with E-state index in [0.29, 0.717) is 16.6 Å². The number of nitrogens with zero attached hydrogens (tertiary/aromatic N) is 1. The number of hydrogen-bond donors (Lipinski definition) is 1. The summed E-state index contributed by atoms with van der Waals surface area (Å²) in [4.78, 5) is 4.35. The summed E-state index contributed by atoms with van der Waals surface area (Å²) in [6.07, 6.45) is 0. The summed E-state index contributed by atoms with van der Waals surface area (Å²) >= 11 is 13.6.